The molecule has 1 aliphatic carbocycles. The van der Waals surface area contributed by atoms with Gasteiger partial charge < -0.3 is 15.4 Å². The van der Waals surface area contributed by atoms with Crippen LogP contribution >= 0.6 is 0 Å². The molecule has 0 bridgehead atoms. The van der Waals surface area contributed by atoms with Crippen molar-refractivity contribution < 1.29 is 40.7 Å². The molecule has 40 heavy (non-hydrogen) atoms. The third kappa shape index (κ3) is 6.98. The number of aryl methyl sites for hydroxylation is 1. The van der Waals surface area contributed by atoms with Crippen molar-refractivity contribution >= 4 is 17.4 Å². The van der Waals surface area contributed by atoms with Crippen LogP contribution in [0.1, 0.15) is 61.6 Å². The molecule has 216 valence electrons. The minimum atomic E-state index is -4.92. The number of hydrogen-bond donors (Lipinski definition) is 2. The monoisotopic (exact) mass is 568 g/mol. The van der Waals surface area contributed by atoms with Gasteiger partial charge in [0.1, 0.15) is 11.3 Å². The Bertz CT molecular complexity index is 1250. The van der Waals surface area contributed by atoms with Gasteiger partial charge in [-0.3, -0.25) is 9.59 Å². The average molecular weight is 569 g/mol. The predicted octanol–water partition coefficient (Wildman–Crippen LogP) is 6.51. The fourth-order valence-electron chi connectivity index (χ4n) is 4.66. The van der Waals surface area contributed by atoms with Crippen molar-refractivity contribution in [3.63, 3.8) is 0 Å². The topological polar surface area (TPSA) is 67.4 Å². The van der Waals surface area contributed by atoms with Crippen LogP contribution in [-0.2, 0) is 15.1 Å². The lowest BCUT2D eigenvalue weighted by molar-refractivity contribution is -0.202. The molecule has 2 N–H and O–H groups in total. The molecule has 11 heteroatoms. The second kappa shape index (κ2) is 11.5. The number of nitrogens with one attached hydrogen (secondary N) is 2. The molecular weight excluding hydrogens is 538 g/mol. The van der Waals surface area contributed by atoms with E-state index in [1.54, 1.807) is 24.3 Å². The Labute approximate surface area is 228 Å². The van der Waals surface area contributed by atoms with Crippen molar-refractivity contribution in [2.75, 3.05) is 6.61 Å². The van der Waals surface area contributed by atoms with E-state index < -0.39 is 42.5 Å². The summed E-state index contributed by atoms with van der Waals surface area (Å²) in [7, 11) is 0. The molecule has 1 unspecified atom stereocenters. The van der Waals surface area contributed by atoms with Gasteiger partial charge >= 0.3 is 12.4 Å². The van der Waals surface area contributed by atoms with Gasteiger partial charge in [-0.25, -0.2) is 0 Å². The molecule has 0 saturated heterocycles. The van der Waals surface area contributed by atoms with Crippen molar-refractivity contribution in [1.29, 1.82) is 0 Å². The molecule has 1 fully saturated rings. The number of ether oxygens (including phenoxy) is 1. The second-order valence-corrected chi connectivity index (χ2v) is 10.3. The number of rotatable bonds is 10. The number of alkyl halides is 6. The Hall–Kier alpha value is -3.50. The number of unbranched alkanes of at least 4 members (excludes halogenated alkanes) is 2. The second-order valence-electron chi connectivity index (χ2n) is 10.3. The van der Waals surface area contributed by atoms with E-state index in [-0.39, 0.29) is 41.5 Å². The van der Waals surface area contributed by atoms with E-state index in [9.17, 15) is 35.9 Å². The maximum atomic E-state index is 14.8. The Morgan fingerprint density at radius 1 is 0.975 bits per heavy atom. The SMILES string of the molecule is Cc1ccc(C2=C(C(=O)NC3CC3)C(=O)NC(c3ccc(OCCCCCC(F)(F)F)cc3)(C(F)(F)F)C2)cc1. The Morgan fingerprint density at radius 2 is 1.62 bits per heavy atom. The van der Waals surface area contributed by atoms with Crippen LogP contribution < -0.4 is 15.4 Å². The van der Waals surface area contributed by atoms with E-state index in [4.69, 9.17) is 4.74 Å². The van der Waals surface area contributed by atoms with E-state index >= 15 is 0 Å². The minimum Gasteiger partial charge on any atom is -0.494 e. The molecule has 2 aromatic rings. The number of carbonyl (C=O) groups excluding carboxylic acids is 2. The van der Waals surface area contributed by atoms with Crippen molar-refractivity contribution in [3.05, 3.63) is 70.8 Å². The minimum absolute atomic E-state index is 0.00147. The van der Waals surface area contributed by atoms with Crippen molar-refractivity contribution in [3.8, 4) is 5.75 Å². The highest BCUT2D eigenvalue weighted by Crippen LogP contribution is 2.48. The van der Waals surface area contributed by atoms with Gasteiger partial charge in [0.25, 0.3) is 11.8 Å². The number of hydrogen-bond acceptors (Lipinski definition) is 3. The third-order valence-corrected chi connectivity index (χ3v) is 7.04. The van der Waals surface area contributed by atoms with Gasteiger partial charge in [0, 0.05) is 18.9 Å². The summed E-state index contributed by atoms with van der Waals surface area (Å²) in [5, 5.41) is 4.81. The van der Waals surface area contributed by atoms with E-state index in [1.165, 1.54) is 24.3 Å². The fraction of sp³-hybridized carbons (Fsp3) is 0.448. The number of carbonyl (C=O) groups is 2. The molecule has 0 spiro atoms. The first-order valence-corrected chi connectivity index (χ1v) is 13.1. The summed E-state index contributed by atoms with van der Waals surface area (Å²) >= 11 is 0. The predicted molar refractivity (Wildman–Crippen MR) is 136 cm³/mol. The standard InChI is InChI=1S/C29H30F6N2O3/c1-18-5-7-19(8-6-18)23-17-27(29(33,34)35,37-26(39)24(23)25(38)36-21-11-12-21)20-9-13-22(14-10-20)40-16-4-2-3-15-28(30,31)32/h5-10,13-14,21H,2-4,11-12,15-17H2,1H3,(H,36,38)(H,37,39). The lowest BCUT2D eigenvalue weighted by Gasteiger charge is -2.41. The molecule has 0 aromatic heterocycles. The van der Waals surface area contributed by atoms with Crippen molar-refractivity contribution in [1.82, 2.24) is 10.6 Å². The molecule has 2 aliphatic rings. The number of halogens is 6. The molecule has 0 radical (unpaired) electrons. The Morgan fingerprint density at radius 3 is 2.20 bits per heavy atom. The Balaban J connectivity index is 1.59. The third-order valence-electron chi connectivity index (χ3n) is 7.04. The molecule has 2 amide bonds. The summed E-state index contributed by atoms with van der Waals surface area (Å²) in [6.07, 6.45) is -8.59. The molecule has 1 heterocycles. The fourth-order valence-corrected chi connectivity index (χ4v) is 4.66. The van der Waals surface area contributed by atoms with Gasteiger partial charge in [-0.15, -0.1) is 0 Å². The van der Waals surface area contributed by atoms with Crippen LogP contribution in [0.2, 0.25) is 0 Å². The largest absolute Gasteiger partial charge is 0.494 e. The smallest absolute Gasteiger partial charge is 0.416 e. The molecule has 1 saturated carbocycles. The van der Waals surface area contributed by atoms with Gasteiger partial charge in [0.2, 0.25) is 0 Å². The summed E-state index contributed by atoms with van der Waals surface area (Å²) in [4.78, 5) is 26.2. The van der Waals surface area contributed by atoms with Crippen LogP contribution in [0.3, 0.4) is 0 Å². The van der Waals surface area contributed by atoms with Gasteiger partial charge in [-0.05, 0) is 67.9 Å². The van der Waals surface area contributed by atoms with E-state index in [0.29, 0.717) is 18.4 Å². The quantitative estimate of drug-likeness (QED) is 0.195. The first kappa shape index (κ1) is 29.5. The average Bonchev–Trinajstić information content (AvgIpc) is 3.69. The molecule has 2 aromatic carbocycles. The maximum Gasteiger partial charge on any atom is 0.416 e. The maximum absolute atomic E-state index is 14.8. The zero-order chi connectivity index (χ0) is 29.1. The van der Waals surface area contributed by atoms with Crippen LogP contribution in [0.5, 0.6) is 5.75 Å². The highest BCUT2D eigenvalue weighted by atomic mass is 19.4. The molecule has 5 nitrogen and oxygen atoms in total. The van der Waals surface area contributed by atoms with Crippen LogP contribution in [-0.4, -0.2) is 36.8 Å². The highest BCUT2D eigenvalue weighted by molar-refractivity contribution is 6.25. The molecular formula is C29H30F6N2O3. The summed E-state index contributed by atoms with van der Waals surface area (Å²) in [6, 6.07) is 11.6. The summed E-state index contributed by atoms with van der Waals surface area (Å²) in [6.45, 7) is 1.93. The number of benzene rings is 2. The zero-order valence-electron chi connectivity index (χ0n) is 21.8. The zero-order valence-corrected chi connectivity index (χ0v) is 21.8. The van der Waals surface area contributed by atoms with Gasteiger partial charge in [0.05, 0.1) is 6.61 Å². The first-order valence-electron chi connectivity index (χ1n) is 13.1. The van der Waals surface area contributed by atoms with Crippen molar-refractivity contribution in [2.24, 2.45) is 0 Å². The first-order chi connectivity index (χ1) is 18.8. The van der Waals surface area contributed by atoms with Crippen LogP contribution in [0.25, 0.3) is 5.57 Å². The van der Waals surface area contributed by atoms with E-state index in [2.05, 4.69) is 10.6 Å². The summed E-state index contributed by atoms with van der Waals surface area (Å²) in [5.41, 5.74) is -2.16. The van der Waals surface area contributed by atoms with Gasteiger partial charge in [-0.2, -0.15) is 26.3 Å². The summed E-state index contributed by atoms with van der Waals surface area (Å²) in [5.74, 6) is -1.57. The van der Waals surface area contributed by atoms with Crippen LogP contribution in [0, 0.1) is 6.92 Å². The normalized spacial score (nSPS) is 19.8. The van der Waals surface area contributed by atoms with Gasteiger partial charge in [-0.1, -0.05) is 42.0 Å². The highest BCUT2D eigenvalue weighted by Gasteiger charge is 2.60. The van der Waals surface area contributed by atoms with Crippen molar-refractivity contribution in [2.45, 2.75) is 75.8 Å². The molecule has 4 rings (SSSR count). The lowest BCUT2D eigenvalue weighted by Crippen LogP contribution is -2.59. The van der Waals surface area contributed by atoms with E-state index in [0.717, 1.165) is 18.4 Å². The summed E-state index contributed by atoms with van der Waals surface area (Å²) < 4.78 is 86.7. The number of amides is 2. The van der Waals surface area contributed by atoms with Crippen LogP contribution in [0.4, 0.5) is 26.3 Å². The molecule has 1 atom stereocenters. The van der Waals surface area contributed by atoms with Crippen LogP contribution in [0.15, 0.2) is 54.1 Å². The van der Waals surface area contributed by atoms with Gasteiger partial charge in [0.15, 0.2) is 5.54 Å². The van der Waals surface area contributed by atoms with E-state index in [1.807, 2.05) is 6.92 Å². The molecule has 1 aliphatic heterocycles. The Kier molecular flexibility index (Phi) is 8.51. The lowest BCUT2D eigenvalue weighted by atomic mass is 9.76.